The number of nitrogens with zero attached hydrogens (tertiary/aromatic N) is 4. The number of hydrogen-bond donors (Lipinski definition) is 3. The summed E-state index contributed by atoms with van der Waals surface area (Å²) in [5.41, 5.74) is 12.6. The minimum absolute atomic E-state index is 0.0557. The molecule has 150 valence electrons. The van der Waals surface area contributed by atoms with Crippen molar-refractivity contribution < 1.29 is 9.59 Å². The number of benzene rings is 1. The number of nitrogens with two attached hydrogens (primary N) is 2. The van der Waals surface area contributed by atoms with E-state index in [1.807, 2.05) is 44.2 Å². The van der Waals surface area contributed by atoms with Crippen molar-refractivity contribution in [2.24, 2.45) is 17.4 Å². The molecule has 9 heteroatoms. The number of amides is 2. The molecule has 1 unspecified atom stereocenters. The van der Waals surface area contributed by atoms with E-state index in [1.165, 1.54) is 6.20 Å². The highest BCUT2D eigenvalue weighted by molar-refractivity contribution is 5.98. The van der Waals surface area contributed by atoms with Gasteiger partial charge in [-0.2, -0.15) is 4.98 Å². The summed E-state index contributed by atoms with van der Waals surface area (Å²) in [6.07, 6.45) is 3.04. The van der Waals surface area contributed by atoms with Gasteiger partial charge in [-0.15, -0.1) is 0 Å². The lowest BCUT2D eigenvalue weighted by molar-refractivity contribution is -0.120. The van der Waals surface area contributed by atoms with Gasteiger partial charge < -0.3 is 21.7 Å². The summed E-state index contributed by atoms with van der Waals surface area (Å²) in [6.45, 7) is 3.76. The molecule has 1 atom stereocenters. The number of hydrogen-bond acceptors (Lipinski definition) is 7. The van der Waals surface area contributed by atoms with Crippen LogP contribution in [0, 0.1) is 5.92 Å². The van der Waals surface area contributed by atoms with Crippen molar-refractivity contribution in [1.29, 1.82) is 0 Å². The van der Waals surface area contributed by atoms with Gasteiger partial charge in [0, 0.05) is 30.5 Å². The fourth-order valence-corrected chi connectivity index (χ4v) is 3.19. The van der Waals surface area contributed by atoms with E-state index in [0.717, 1.165) is 10.9 Å². The van der Waals surface area contributed by atoms with Crippen LogP contribution in [0.3, 0.4) is 0 Å². The number of likely N-dealkylation sites (N-methyl/N-ethyl adjacent to an activating group) is 1. The van der Waals surface area contributed by atoms with Gasteiger partial charge in [0.2, 0.25) is 11.9 Å². The summed E-state index contributed by atoms with van der Waals surface area (Å²) in [7, 11) is 1.68. The summed E-state index contributed by atoms with van der Waals surface area (Å²) in [5, 5.41) is 4.09. The molecule has 0 aliphatic heterocycles. The van der Waals surface area contributed by atoms with Crippen molar-refractivity contribution in [2.75, 3.05) is 17.3 Å². The lowest BCUT2D eigenvalue weighted by atomic mass is 10.0. The van der Waals surface area contributed by atoms with E-state index in [0.29, 0.717) is 5.69 Å². The van der Waals surface area contributed by atoms with E-state index in [-0.39, 0.29) is 23.2 Å². The second-order valence-corrected chi connectivity index (χ2v) is 7.03. The predicted octanol–water partition coefficient (Wildman–Crippen LogP) is 1.81. The van der Waals surface area contributed by atoms with Gasteiger partial charge in [0.25, 0.3) is 5.91 Å². The van der Waals surface area contributed by atoms with E-state index in [9.17, 15) is 9.59 Å². The summed E-state index contributed by atoms with van der Waals surface area (Å²) >= 11 is 0. The molecular formula is C20H23N7O2. The Morgan fingerprint density at radius 3 is 2.55 bits per heavy atom. The van der Waals surface area contributed by atoms with Crippen LogP contribution in [-0.4, -0.2) is 39.9 Å². The smallest absolute Gasteiger partial charge is 0.254 e. The van der Waals surface area contributed by atoms with E-state index in [2.05, 4.69) is 20.3 Å². The molecule has 9 nitrogen and oxygen atoms in total. The normalized spacial score (nSPS) is 12.0. The summed E-state index contributed by atoms with van der Waals surface area (Å²) < 4.78 is 0. The number of carbonyl (C=O) groups excluding carboxylic acids is 2. The summed E-state index contributed by atoms with van der Waals surface area (Å²) in [5.74, 6) is -0.735. The Hall–Kier alpha value is -3.75. The molecule has 3 aromatic rings. The molecule has 0 aliphatic rings. The number of fused-ring (bicyclic) bond motifs is 1. The maximum absolute atomic E-state index is 11.9. The predicted molar refractivity (Wildman–Crippen MR) is 112 cm³/mol. The first-order valence-electron chi connectivity index (χ1n) is 9.08. The first kappa shape index (κ1) is 20.0. The van der Waals surface area contributed by atoms with Gasteiger partial charge in [-0.3, -0.25) is 14.6 Å². The SMILES string of the molecule is CC(C)C(C(N)=O)N(C)c1ncc(C(N)=O)c(Nc2ccc3cccnc3c2)n1. The molecule has 0 spiro atoms. The molecule has 2 heterocycles. The maximum atomic E-state index is 11.9. The van der Waals surface area contributed by atoms with Crippen molar-refractivity contribution in [2.45, 2.75) is 19.9 Å². The largest absolute Gasteiger partial charge is 0.368 e. The molecule has 0 aliphatic carbocycles. The van der Waals surface area contributed by atoms with Crippen molar-refractivity contribution in [1.82, 2.24) is 15.0 Å². The fourth-order valence-electron chi connectivity index (χ4n) is 3.19. The highest BCUT2D eigenvalue weighted by Crippen LogP contribution is 2.24. The molecule has 2 aromatic heterocycles. The number of rotatable bonds is 7. The number of pyridine rings is 1. The van der Waals surface area contributed by atoms with Crippen molar-refractivity contribution in [3.05, 3.63) is 48.3 Å². The Labute approximate surface area is 168 Å². The molecule has 5 N–H and O–H groups in total. The number of nitrogens with one attached hydrogen (secondary N) is 1. The lowest BCUT2D eigenvalue weighted by Gasteiger charge is -2.28. The van der Waals surface area contributed by atoms with E-state index < -0.39 is 17.9 Å². The van der Waals surface area contributed by atoms with Crippen LogP contribution in [-0.2, 0) is 4.79 Å². The van der Waals surface area contributed by atoms with E-state index >= 15 is 0 Å². The van der Waals surface area contributed by atoms with Crippen LogP contribution in [0.2, 0.25) is 0 Å². The van der Waals surface area contributed by atoms with E-state index in [4.69, 9.17) is 11.5 Å². The average Bonchev–Trinajstić information content (AvgIpc) is 2.67. The van der Waals surface area contributed by atoms with Crippen LogP contribution < -0.4 is 21.7 Å². The minimum atomic E-state index is -0.670. The van der Waals surface area contributed by atoms with Gasteiger partial charge in [-0.1, -0.05) is 26.0 Å². The maximum Gasteiger partial charge on any atom is 0.254 e. The Bertz CT molecular complexity index is 1070. The van der Waals surface area contributed by atoms with Gasteiger partial charge in [-0.05, 0) is 24.1 Å². The summed E-state index contributed by atoms with van der Waals surface area (Å²) in [6, 6.07) is 8.80. The molecule has 0 saturated heterocycles. The van der Waals surface area contributed by atoms with Crippen molar-refractivity contribution >= 4 is 40.2 Å². The van der Waals surface area contributed by atoms with Gasteiger partial charge in [0.1, 0.15) is 17.4 Å². The van der Waals surface area contributed by atoms with Gasteiger partial charge >= 0.3 is 0 Å². The second-order valence-electron chi connectivity index (χ2n) is 7.03. The highest BCUT2D eigenvalue weighted by Gasteiger charge is 2.27. The first-order valence-corrected chi connectivity index (χ1v) is 9.08. The van der Waals surface area contributed by atoms with E-state index in [1.54, 1.807) is 18.1 Å². The Kier molecular flexibility index (Phi) is 5.58. The Balaban J connectivity index is 2.00. The number of carbonyl (C=O) groups is 2. The lowest BCUT2D eigenvalue weighted by Crippen LogP contribution is -2.47. The van der Waals surface area contributed by atoms with Crippen LogP contribution >= 0.6 is 0 Å². The fraction of sp³-hybridized carbons (Fsp3) is 0.250. The monoisotopic (exact) mass is 393 g/mol. The third-order valence-electron chi connectivity index (χ3n) is 4.57. The average molecular weight is 393 g/mol. The van der Waals surface area contributed by atoms with Crippen LogP contribution in [0.15, 0.2) is 42.7 Å². The molecule has 0 saturated carbocycles. The standard InChI is InChI=1S/C20H23N7O2/c1-11(2)16(18(22)29)27(3)20-24-10-14(17(21)28)19(26-20)25-13-7-6-12-5-4-8-23-15(12)9-13/h4-11,16H,1-3H3,(H2,21,28)(H2,22,29)(H,24,25,26). The minimum Gasteiger partial charge on any atom is -0.368 e. The molecule has 1 aromatic carbocycles. The van der Waals surface area contributed by atoms with Gasteiger partial charge in [0.05, 0.1) is 5.52 Å². The van der Waals surface area contributed by atoms with Crippen molar-refractivity contribution in [3.8, 4) is 0 Å². The third-order valence-corrected chi connectivity index (χ3v) is 4.57. The number of anilines is 3. The van der Waals surface area contributed by atoms with Crippen LogP contribution in [0.5, 0.6) is 0 Å². The van der Waals surface area contributed by atoms with Crippen LogP contribution in [0.25, 0.3) is 10.9 Å². The zero-order valence-corrected chi connectivity index (χ0v) is 16.5. The molecule has 2 amide bonds. The first-order chi connectivity index (χ1) is 13.8. The zero-order valence-electron chi connectivity index (χ0n) is 16.5. The number of primary amides is 2. The van der Waals surface area contributed by atoms with Crippen LogP contribution in [0.1, 0.15) is 24.2 Å². The summed E-state index contributed by atoms with van der Waals surface area (Å²) in [4.78, 5) is 38.3. The molecule has 3 rings (SSSR count). The van der Waals surface area contributed by atoms with Gasteiger partial charge in [0.15, 0.2) is 0 Å². The molecule has 0 radical (unpaired) electrons. The second kappa shape index (κ2) is 8.09. The third kappa shape index (κ3) is 4.23. The highest BCUT2D eigenvalue weighted by atomic mass is 16.1. The molecule has 29 heavy (non-hydrogen) atoms. The molecule has 0 bridgehead atoms. The number of aromatic nitrogens is 3. The van der Waals surface area contributed by atoms with Gasteiger partial charge in [-0.25, -0.2) is 4.98 Å². The quantitative estimate of drug-likeness (QED) is 0.556. The Morgan fingerprint density at radius 1 is 1.14 bits per heavy atom. The Morgan fingerprint density at radius 2 is 1.90 bits per heavy atom. The zero-order chi connectivity index (χ0) is 21.1. The molecule has 0 fully saturated rings. The topological polar surface area (TPSA) is 140 Å². The molecular weight excluding hydrogens is 370 g/mol. The van der Waals surface area contributed by atoms with Crippen molar-refractivity contribution in [3.63, 3.8) is 0 Å². The van der Waals surface area contributed by atoms with Crippen LogP contribution in [0.4, 0.5) is 17.5 Å².